The fourth-order valence-electron chi connectivity index (χ4n) is 2.45. The summed E-state index contributed by atoms with van der Waals surface area (Å²) in [6, 6.07) is 7.35. The highest BCUT2D eigenvalue weighted by atomic mass is 16.3. The molecule has 1 aliphatic carbocycles. The lowest BCUT2D eigenvalue weighted by molar-refractivity contribution is 0.0450. The summed E-state index contributed by atoms with van der Waals surface area (Å²) in [5.41, 5.74) is 0.708. The number of nitrogens with one attached hydrogen (secondary N) is 2. The van der Waals surface area contributed by atoms with E-state index in [4.69, 9.17) is 0 Å². The number of anilines is 1. The zero-order valence-corrected chi connectivity index (χ0v) is 10.7. The van der Waals surface area contributed by atoms with Crippen molar-refractivity contribution < 1.29 is 9.90 Å². The third kappa shape index (κ3) is 2.82. The molecule has 0 aromatic heterocycles. The summed E-state index contributed by atoms with van der Waals surface area (Å²) in [6.45, 7) is 0.337. The standard InChI is InChI=1S/C14H20N2O2/c1-15-12-7-3-2-6-11(12)13(17)16-10-14(18)8-4-5-9-14/h2-3,6-7,15,18H,4-5,8-10H2,1H3,(H,16,17). The molecule has 3 N–H and O–H groups in total. The molecule has 0 bridgehead atoms. The highest BCUT2D eigenvalue weighted by Crippen LogP contribution is 2.28. The molecule has 0 heterocycles. The second kappa shape index (κ2) is 5.40. The maximum atomic E-state index is 12.1. The summed E-state index contributed by atoms with van der Waals surface area (Å²) in [6.07, 6.45) is 3.64. The van der Waals surface area contributed by atoms with E-state index in [1.165, 1.54) is 0 Å². The van der Waals surface area contributed by atoms with Gasteiger partial charge in [-0.25, -0.2) is 0 Å². The van der Waals surface area contributed by atoms with Crippen molar-refractivity contribution in [2.24, 2.45) is 0 Å². The first-order chi connectivity index (χ1) is 8.64. The van der Waals surface area contributed by atoms with E-state index in [0.717, 1.165) is 31.4 Å². The maximum absolute atomic E-state index is 12.1. The van der Waals surface area contributed by atoms with Gasteiger partial charge < -0.3 is 15.7 Å². The fraction of sp³-hybridized carbons (Fsp3) is 0.500. The van der Waals surface area contributed by atoms with E-state index in [1.807, 2.05) is 18.2 Å². The van der Waals surface area contributed by atoms with Gasteiger partial charge in [0, 0.05) is 19.3 Å². The van der Waals surface area contributed by atoms with Crippen molar-refractivity contribution in [1.82, 2.24) is 5.32 Å². The molecule has 98 valence electrons. The SMILES string of the molecule is CNc1ccccc1C(=O)NCC1(O)CCCC1. The Morgan fingerprint density at radius 3 is 2.67 bits per heavy atom. The largest absolute Gasteiger partial charge is 0.388 e. The number of aliphatic hydroxyl groups is 1. The number of rotatable bonds is 4. The Labute approximate surface area is 107 Å². The molecule has 0 radical (unpaired) electrons. The number of benzene rings is 1. The normalized spacial score (nSPS) is 17.4. The Hall–Kier alpha value is -1.55. The Morgan fingerprint density at radius 2 is 2.00 bits per heavy atom. The predicted molar refractivity (Wildman–Crippen MR) is 71.7 cm³/mol. The van der Waals surface area contributed by atoms with E-state index in [9.17, 15) is 9.90 Å². The van der Waals surface area contributed by atoms with E-state index < -0.39 is 5.60 Å². The van der Waals surface area contributed by atoms with Crippen molar-refractivity contribution in [2.45, 2.75) is 31.3 Å². The summed E-state index contributed by atoms with van der Waals surface area (Å²) in [7, 11) is 1.79. The van der Waals surface area contributed by atoms with Crippen LogP contribution in [0.2, 0.25) is 0 Å². The van der Waals surface area contributed by atoms with Crippen molar-refractivity contribution in [2.75, 3.05) is 18.9 Å². The molecular weight excluding hydrogens is 228 g/mol. The van der Waals surface area contributed by atoms with Crippen LogP contribution in [0.5, 0.6) is 0 Å². The monoisotopic (exact) mass is 248 g/mol. The number of carbonyl (C=O) groups is 1. The molecule has 1 aliphatic rings. The molecule has 4 nitrogen and oxygen atoms in total. The third-order valence-corrected chi connectivity index (χ3v) is 3.55. The summed E-state index contributed by atoms with van der Waals surface area (Å²) in [4.78, 5) is 12.1. The highest BCUT2D eigenvalue weighted by molar-refractivity contribution is 5.99. The van der Waals surface area contributed by atoms with Gasteiger partial charge in [0.05, 0.1) is 11.2 Å². The minimum atomic E-state index is -0.704. The van der Waals surface area contributed by atoms with E-state index >= 15 is 0 Å². The first-order valence-corrected chi connectivity index (χ1v) is 6.42. The number of carbonyl (C=O) groups excluding carboxylic acids is 1. The van der Waals surface area contributed by atoms with Crippen LogP contribution in [-0.4, -0.2) is 30.2 Å². The first-order valence-electron chi connectivity index (χ1n) is 6.42. The summed E-state index contributed by atoms with van der Waals surface area (Å²) >= 11 is 0. The Bertz CT molecular complexity index is 426. The van der Waals surface area contributed by atoms with Crippen molar-refractivity contribution in [3.8, 4) is 0 Å². The highest BCUT2D eigenvalue weighted by Gasteiger charge is 2.31. The van der Waals surface area contributed by atoms with E-state index in [2.05, 4.69) is 10.6 Å². The Morgan fingerprint density at radius 1 is 1.33 bits per heavy atom. The van der Waals surface area contributed by atoms with Crippen LogP contribution in [0.1, 0.15) is 36.0 Å². The maximum Gasteiger partial charge on any atom is 0.253 e. The van der Waals surface area contributed by atoms with Gasteiger partial charge in [0.25, 0.3) is 5.91 Å². The van der Waals surface area contributed by atoms with Crippen LogP contribution in [0, 0.1) is 0 Å². The fourth-order valence-corrected chi connectivity index (χ4v) is 2.45. The molecule has 0 unspecified atom stereocenters. The molecule has 18 heavy (non-hydrogen) atoms. The quantitative estimate of drug-likeness (QED) is 0.761. The van der Waals surface area contributed by atoms with E-state index in [1.54, 1.807) is 13.1 Å². The van der Waals surface area contributed by atoms with Crippen LogP contribution in [0.25, 0.3) is 0 Å². The minimum Gasteiger partial charge on any atom is -0.388 e. The molecule has 1 aromatic rings. The lowest BCUT2D eigenvalue weighted by Crippen LogP contribution is -2.40. The molecule has 1 aromatic carbocycles. The second-order valence-corrected chi connectivity index (χ2v) is 4.91. The molecule has 4 heteroatoms. The van der Waals surface area contributed by atoms with Gasteiger partial charge in [-0.2, -0.15) is 0 Å². The van der Waals surface area contributed by atoms with Gasteiger partial charge in [-0.05, 0) is 25.0 Å². The molecule has 0 atom stereocenters. The van der Waals surface area contributed by atoms with Crippen molar-refractivity contribution in [3.63, 3.8) is 0 Å². The molecule has 2 rings (SSSR count). The Kier molecular flexibility index (Phi) is 3.87. The van der Waals surface area contributed by atoms with Crippen molar-refractivity contribution in [1.29, 1.82) is 0 Å². The van der Waals surface area contributed by atoms with Gasteiger partial charge in [-0.3, -0.25) is 4.79 Å². The lowest BCUT2D eigenvalue weighted by atomic mass is 10.0. The smallest absolute Gasteiger partial charge is 0.253 e. The molecule has 1 fully saturated rings. The van der Waals surface area contributed by atoms with Crippen LogP contribution in [0.4, 0.5) is 5.69 Å². The van der Waals surface area contributed by atoms with E-state index in [-0.39, 0.29) is 5.91 Å². The van der Waals surface area contributed by atoms with Crippen molar-refractivity contribution in [3.05, 3.63) is 29.8 Å². The zero-order valence-electron chi connectivity index (χ0n) is 10.7. The van der Waals surface area contributed by atoms with Gasteiger partial charge >= 0.3 is 0 Å². The molecule has 1 saturated carbocycles. The van der Waals surface area contributed by atoms with Crippen LogP contribution in [0.3, 0.4) is 0 Å². The number of para-hydroxylation sites is 1. The van der Waals surface area contributed by atoms with Gasteiger partial charge in [0.15, 0.2) is 0 Å². The van der Waals surface area contributed by atoms with Crippen LogP contribution in [0.15, 0.2) is 24.3 Å². The zero-order chi connectivity index (χ0) is 13.0. The molecule has 1 amide bonds. The predicted octanol–water partition coefficient (Wildman–Crippen LogP) is 1.76. The van der Waals surface area contributed by atoms with Crippen LogP contribution in [-0.2, 0) is 0 Å². The van der Waals surface area contributed by atoms with Crippen molar-refractivity contribution >= 4 is 11.6 Å². The minimum absolute atomic E-state index is 0.139. The van der Waals surface area contributed by atoms with Gasteiger partial charge in [0.2, 0.25) is 0 Å². The van der Waals surface area contributed by atoms with Gasteiger partial charge in [0.1, 0.15) is 0 Å². The molecule has 0 saturated heterocycles. The van der Waals surface area contributed by atoms with Gasteiger partial charge in [-0.1, -0.05) is 25.0 Å². The molecule has 0 spiro atoms. The number of hydrogen-bond acceptors (Lipinski definition) is 3. The first kappa shape index (κ1) is 12.9. The third-order valence-electron chi connectivity index (χ3n) is 3.55. The second-order valence-electron chi connectivity index (χ2n) is 4.91. The summed E-state index contributed by atoms with van der Waals surface area (Å²) in [5, 5.41) is 16.0. The average molecular weight is 248 g/mol. The number of amides is 1. The molecular formula is C14H20N2O2. The lowest BCUT2D eigenvalue weighted by Gasteiger charge is -2.22. The average Bonchev–Trinajstić information content (AvgIpc) is 2.83. The van der Waals surface area contributed by atoms with E-state index in [0.29, 0.717) is 12.1 Å². The number of hydrogen-bond donors (Lipinski definition) is 3. The summed E-state index contributed by atoms with van der Waals surface area (Å²) in [5.74, 6) is -0.139. The van der Waals surface area contributed by atoms with Crippen LogP contribution < -0.4 is 10.6 Å². The summed E-state index contributed by atoms with van der Waals surface area (Å²) < 4.78 is 0. The van der Waals surface area contributed by atoms with Gasteiger partial charge in [-0.15, -0.1) is 0 Å². The topological polar surface area (TPSA) is 61.4 Å². The van der Waals surface area contributed by atoms with Crippen LogP contribution >= 0.6 is 0 Å². The Balaban J connectivity index is 1.99. The molecule has 0 aliphatic heterocycles.